The number of nitrogens with one attached hydrogen (secondary N) is 3. The average molecular weight is 296 g/mol. The van der Waals surface area contributed by atoms with Crippen molar-refractivity contribution in [3.05, 3.63) is 29.8 Å². The lowest BCUT2D eigenvalue weighted by Crippen LogP contribution is -3.09. The van der Waals surface area contributed by atoms with Crippen molar-refractivity contribution in [3.8, 4) is 0 Å². The number of thioether (sulfide) groups is 1. The molecule has 110 valence electrons. The SMILES string of the molecule is CCNC(=O)NC(=O)C[NH+](C)Cc1ccc(SC)cc1. The monoisotopic (exact) mass is 296 g/mol. The van der Waals surface area contributed by atoms with Crippen molar-refractivity contribution < 1.29 is 14.5 Å². The summed E-state index contributed by atoms with van der Waals surface area (Å²) in [5.41, 5.74) is 1.17. The van der Waals surface area contributed by atoms with Crippen molar-refractivity contribution in [3.63, 3.8) is 0 Å². The third-order valence-corrected chi connectivity index (χ3v) is 3.46. The molecular weight excluding hydrogens is 274 g/mol. The minimum atomic E-state index is -0.436. The number of urea groups is 1. The lowest BCUT2D eigenvalue weighted by molar-refractivity contribution is -0.885. The number of carbonyl (C=O) groups is 2. The van der Waals surface area contributed by atoms with Crippen LogP contribution >= 0.6 is 11.8 Å². The van der Waals surface area contributed by atoms with Gasteiger partial charge in [0.25, 0.3) is 5.91 Å². The van der Waals surface area contributed by atoms with E-state index < -0.39 is 6.03 Å². The van der Waals surface area contributed by atoms with E-state index in [0.717, 1.165) is 11.4 Å². The maximum atomic E-state index is 11.6. The van der Waals surface area contributed by atoms with Crippen LogP contribution in [0.1, 0.15) is 12.5 Å². The second-order valence-corrected chi connectivity index (χ2v) is 5.45. The van der Waals surface area contributed by atoms with Crippen molar-refractivity contribution in [2.24, 2.45) is 0 Å². The van der Waals surface area contributed by atoms with Gasteiger partial charge in [0.2, 0.25) is 0 Å². The van der Waals surface area contributed by atoms with Crippen LogP contribution in [0, 0.1) is 0 Å². The fourth-order valence-corrected chi connectivity index (χ4v) is 2.21. The summed E-state index contributed by atoms with van der Waals surface area (Å²) in [7, 11) is 1.93. The molecule has 3 N–H and O–H groups in total. The molecule has 0 radical (unpaired) electrons. The summed E-state index contributed by atoms with van der Waals surface area (Å²) in [6.07, 6.45) is 2.04. The van der Waals surface area contributed by atoms with E-state index >= 15 is 0 Å². The summed E-state index contributed by atoms with van der Waals surface area (Å²) < 4.78 is 0. The minimum Gasteiger partial charge on any atom is -0.338 e. The van der Waals surface area contributed by atoms with Gasteiger partial charge in [-0.1, -0.05) is 12.1 Å². The van der Waals surface area contributed by atoms with Gasteiger partial charge in [-0.2, -0.15) is 0 Å². The lowest BCUT2D eigenvalue weighted by atomic mass is 10.2. The highest BCUT2D eigenvalue weighted by atomic mass is 32.2. The summed E-state index contributed by atoms with van der Waals surface area (Å²) in [5, 5.41) is 4.83. The van der Waals surface area contributed by atoms with Crippen molar-refractivity contribution in [1.82, 2.24) is 10.6 Å². The molecule has 0 aliphatic carbocycles. The minimum absolute atomic E-state index is 0.265. The van der Waals surface area contributed by atoms with Gasteiger partial charge in [-0.25, -0.2) is 4.79 Å². The lowest BCUT2D eigenvalue weighted by Gasteiger charge is -2.13. The van der Waals surface area contributed by atoms with Crippen LogP contribution in [0.5, 0.6) is 0 Å². The van der Waals surface area contributed by atoms with Crippen molar-refractivity contribution in [1.29, 1.82) is 0 Å². The average Bonchev–Trinajstić information content (AvgIpc) is 2.39. The number of likely N-dealkylation sites (N-methyl/N-ethyl adjacent to an activating group) is 1. The Morgan fingerprint density at radius 3 is 2.45 bits per heavy atom. The first kappa shape index (κ1) is 16.5. The Balaban J connectivity index is 2.40. The quantitative estimate of drug-likeness (QED) is 0.660. The molecule has 6 heteroatoms. The molecule has 0 spiro atoms. The second-order valence-electron chi connectivity index (χ2n) is 4.57. The summed E-state index contributed by atoms with van der Waals surface area (Å²) in [4.78, 5) is 25.1. The van der Waals surface area contributed by atoms with Gasteiger partial charge in [-0.3, -0.25) is 10.1 Å². The van der Waals surface area contributed by atoms with Crippen molar-refractivity contribution >= 4 is 23.7 Å². The Bertz CT molecular complexity index is 448. The Hall–Kier alpha value is -1.53. The molecule has 20 heavy (non-hydrogen) atoms. The van der Waals surface area contributed by atoms with Crippen LogP contribution in [0.2, 0.25) is 0 Å². The standard InChI is InChI=1S/C14H21N3O2S/c1-4-15-14(19)16-13(18)10-17(2)9-11-5-7-12(20-3)8-6-11/h5-8H,4,9-10H2,1-3H3,(H2,15,16,18,19)/p+1. The molecule has 3 amide bonds. The second kappa shape index (κ2) is 8.60. The van der Waals surface area contributed by atoms with Crippen LogP contribution < -0.4 is 15.5 Å². The Morgan fingerprint density at radius 2 is 1.90 bits per heavy atom. The third-order valence-electron chi connectivity index (χ3n) is 2.72. The molecule has 0 saturated carbocycles. The molecule has 0 bridgehead atoms. The van der Waals surface area contributed by atoms with E-state index in [0.29, 0.717) is 6.54 Å². The van der Waals surface area contributed by atoms with E-state index in [1.54, 1.807) is 18.7 Å². The number of imide groups is 1. The molecule has 0 fully saturated rings. The Labute approximate surface area is 124 Å². The highest BCUT2D eigenvalue weighted by Gasteiger charge is 2.12. The zero-order valence-corrected chi connectivity index (χ0v) is 13.0. The number of benzene rings is 1. The summed E-state index contributed by atoms with van der Waals surface area (Å²) in [5.74, 6) is -0.269. The largest absolute Gasteiger partial charge is 0.338 e. The van der Waals surface area contributed by atoms with Crippen LogP contribution in [0.3, 0.4) is 0 Å². The van der Waals surface area contributed by atoms with E-state index in [-0.39, 0.29) is 12.5 Å². The van der Waals surface area contributed by atoms with Crippen LogP contribution in [0.15, 0.2) is 29.2 Å². The van der Waals surface area contributed by atoms with Gasteiger partial charge in [0.15, 0.2) is 6.54 Å². The maximum Gasteiger partial charge on any atom is 0.321 e. The van der Waals surface area contributed by atoms with Crippen molar-refractivity contribution in [2.45, 2.75) is 18.4 Å². The molecular formula is C14H22N3O2S+. The first-order chi connectivity index (χ1) is 9.55. The van der Waals surface area contributed by atoms with Gasteiger partial charge >= 0.3 is 6.03 Å². The first-order valence-electron chi connectivity index (χ1n) is 6.57. The maximum absolute atomic E-state index is 11.6. The number of rotatable bonds is 6. The predicted octanol–water partition coefficient (Wildman–Crippen LogP) is 0.269. The fourth-order valence-electron chi connectivity index (χ4n) is 1.80. The van der Waals surface area contributed by atoms with Gasteiger partial charge in [0.1, 0.15) is 6.54 Å². The zero-order valence-electron chi connectivity index (χ0n) is 12.2. The predicted molar refractivity (Wildman–Crippen MR) is 80.9 cm³/mol. The van der Waals surface area contributed by atoms with Crippen LogP contribution in [0.25, 0.3) is 0 Å². The number of hydrogen-bond donors (Lipinski definition) is 3. The van der Waals surface area contributed by atoms with Gasteiger partial charge in [0.05, 0.1) is 7.05 Å². The fraction of sp³-hybridized carbons (Fsp3) is 0.429. The van der Waals surface area contributed by atoms with E-state index in [4.69, 9.17) is 0 Å². The number of quaternary nitrogens is 1. The van der Waals surface area contributed by atoms with E-state index in [9.17, 15) is 9.59 Å². The Morgan fingerprint density at radius 1 is 1.25 bits per heavy atom. The topological polar surface area (TPSA) is 62.6 Å². The molecule has 1 atom stereocenters. The van der Waals surface area contributed by atoms with Gasteiger partial charge in [0, 0.05) is 17.0 Å². The molecule has 0 aliphatic heterocycles. The Kier molecular flexibility index (Phi) is 7.11. The number of amides is 3. The molecule has 1 rings (SSSR count). The van der Waals surface area contributed by atoms with E-state index in [1.807, 2.05) is 13.3 Å². The molecule has 5 nitrogen and oxygen atoms in total. The molecule has 0 heterocycles. The molecule has 0 saturated heterocycles. The van der Waals surface area contributed by atoms with Gasteiger partial charge in [-0.05, 0) is 25.3 Å². The third kappa shape index (κ3) is 6.08. The van der Waals surface area contributed by atoms with Gasteiger partial charge < -0.3 is 10.2 Å². The van der Waals surface area contributed by atoms with Crippen LogP contribution in [0.4, 0.5) is 4.79 Å². The number of hydrogen-bond acceptors (Lipinski definition) is 3. The smallest absolute Gasteiger partial charge is 0.321 e. The molecule has 0 aliphatic rings. The molecule has 1 unspecified atom stereocenters. The van der Waals surface area contributed by atoms with E-state index in [2.05, 4.69) is 34.9 Å². The van der Waals surface area contributed by atoms with Crippen molar-refractivity contribution in [2.75, 3.05) is 26.4 Å². The number of carbonyl (C=O) groups excluding carboxylic acids is 2. The zero-order chi connectivity index (χ0) is 15.0. The van der Waals surface area contributed by atoms with Gasteiger partial charge in [-0.15, -0.1) is 11.8 Å². The highest BCUT2D eigenvalue weighted by Crippen LogP contribution is 2.14. The summed E-state index contributed by atoms with van der Waals surface area (Å²) >= 11 is 1.70. The summed E-state index contributed by atoms with van der Waals surface area (Å²) in [6.45, 7) is 3.32. The summed E-state index contributed by atoms with van der Waals surface area (Å²) in [6, 6.07) is 7.84. The molecule has 1 aromatic carbocycles. The first-order valence-corrected chi connectivity index (χ1v) is 7.79. The molecule has 0 aromatic heterocycles. The normalized spacial score (nSPS) is 11.8. The molecule has 1 aromatic rings. The highest BCUT2D eigenvalue weighted by molar-refractivity contribution is 7.98. The van der Waals surface area contributed by atoms with Crippen LogP contribution in [-0.4, -0.2) is 38.3 Å². The van der Waals surface area contributed by atoms with Crippen LogP contribution in [-0.2, 0) is 11.3 Å². The van der Waals surface area contributed by atoms with E-state index in [1.165, 1.54) is 10.5 Å².